The first-order valence-electron chi connectivity index (χ1n) is 10.7. The molecule has 0 atom stereocenters. The van der Waals surface area contributed by atoms with Crippen LogP contribution in [0.5, 0.6) is 0 Å². The molecule has 2 aliphatic rings. The van der Waals surface area contributed by atoms with Gasteiger partial charge in [0.1, 0.15) is 0 Å². The van der Waals surface area contributed by atoms with Gasteiger partial charge in [-0.25, -0.2) is 4.98 Å². The van der Waals surface area contributed by atoms with Gasteiger partial charge in [-0.3, -0.25) is 9.89 Å². The molecule has 2 fully saturated rings. The second-order valence-electron chi connectivity index (χ2n) is 8.71. The topological polar surface area (TPSA) is 68.4 Å². The lowest BCUT2D eigenvalue weighted by atomic mass is 9.73. The average molecular weight is 405 g/mol. The normalized spacial score (nSPS) is 19.5. The van der Waals surface area contributed by atoms with Gasteiger partial charge in [0.2, 0.25) is 5.91 Å². The zero-order valence-electron chi connectivity index (χ0n) is 17.4. The highest BCUT2D eigenvalue weighted by molar-refractivity contribution is 5.92. The minimum absolute atomic E-state index is 0.301. The molecule has 0 bridgehead atoms. The number of fused-ring (bicyclic) bond motifs is 1. The number of hydrogen-bond donors (Lipinski definition) is 1. The summed E-state index contributed by atoms with van der Waals surface area (Å²) in [6.45, 7) is 5.09. The highest BCUT2D eigenvalue weighted by Crippen LogP contribution is 2.41. The number of aromatic nitrogens is 3. The molecule has 0 unspecified atom stereocenters. The van der Waals surface area contributed by atoms with Gasteiger partial charge in [0.05, 0.1) is 22.7 Å². The quantitative estimate of drug-likeness (QED) is 0.722. The van der Waals surface area contributed by atoms with Crippen molar-refractivity contribution in [2.45, 2.75) is 12.8 Å². The Hall–Kier alpha value is -2.93. The van der Waals surface area contributed by atoms with Gasteiger partial charge in [-0.05, 0) is 38.1 Å². The predicted octanol–water partition coefficient (Wildman–Crippen LogP) is 2.17. The number of nitrogens with zero attached hydrogens (tertiary/aromatic N) is 5. The molecule has 2 aromatic heterocycles. The molecule has 156 valence electrons. The summed E-state index contributed by atoms with van der Waals surface area (Å²) < 4.78 is 0. The molecule has 2 saturated heterocycles. The number of pyridine rings is 1. The molecule has 0 radical (unpaired) electrons. The Morgan fingerprint density at radius 1 is 1.10 bits per heavy atom. The Morgan fingerprint density at radius 2 is 1.93 bits per heavy atom. The van der Waals surface area contributed by atoms with Gasteiger partial charge >= 0.3 is 0 Å². The highest BCUT2D eigenvalue weighted by Gasteiger charge is 2.51. The van der Waals surface area contributed by atoms with E-state index < -0.39 is 0 Å². The van der Waals surface area contributed by atoms with Crippen LogP contribution >= 0.6 is 0 Å². The van der Waals surface area contributed by atoms with E-state index in [1.165, 1.54) is 5.56 Å². The number of carbonyl (C=O) groups excluding carboxylic acids is 1. The van der Waals surface area contributed by atoms with Gasteiger partial charge in [-0.15, -0.1) is 0 Å². The molecule has 4 heterocycles. The van der Waals surface area contributed by atoms with Crippen molar-refractivity contribution in [3.63, 3.8) is 0 Å². The van der Waals surface area contributed by atoms with E-state index in [0.29, 0.717) is 5.91 Å². The number of likely N-dealkylation sites (N-methyl/N-ethyl adjacent to an activating group) is 1. The zero-order chi connectivity index (χ0) is 20.6. The van der Waals surface area contributed by atoms with E-state index in [0.717, 1.165) is 68.8 Å². The van der Waals surface area contributed by atoms with Crippen molar-refractivity contribution in [1.82, 2.24) is 25.0 Å². The van der Waals surface area contributed by atoms with Crippen LogP contribution in [0.4, 0.5) is 5.69 Å². The van der Waals surface area contributed by atoms with Crippen LogP contribution in [0.15, 0.2) is 48.8 Å². The van der Waals surface area contributed by atoms with Crippen molar-refractivity contribution in [2.75, 3.05) is 51.2 Å². The van der Waals surface area contributed by atoms with Gasteiger partial charge in [-0.1, -0.05) is 30.3 Å². The van der Waals surface area contributed by atoms with Crippen molar-refractivity contribution in [1.29, 1.82) is 0 Å². The number of carbonyl (C=O) groups is 1. The molecule has 1 N–H and O–H groups in total. The van der Waals surface area contributed by atoms with E-state index in [-0.39, 0.29) is 5.41 Å². The Balaban J connectivity index is 1.42. The summed E-state index contributed by atoms with van der Waals surface area (Å²) in [5.41, 5.74) is 2.72. The van der Waals surface area contributed by atoms with Crippen LogP contribution in [0.3, 0.4) is 0 Å². The fraction of sp³-hybridized carbons (Fsp3) is 0.435. The van der Waals surface area contributed by atoms with Crippen LogP contribution in [-0.2, 0) is 11.2 Å². The minimum atomic E-state index is -0.385. The van der Waals surface area contributed by atoms with Crippen LogP contribution in [-0.4, -0.2) is 77.2 Å². The van der Waals surface area contributed by atoms with E-state index in [1.54, 1.807) is 6.20 Å². The maximum absolute atomic E-state index is 13.8. The van der Waals surface area contributed by atoms with Crippen LogP contribution in [0.1, 0.15) is 12.0 Å². The Bertz CT molecular complexity index is 1030. The summed E-state index contributed by atoms with van der Waals surface area (Å²) in [5, 5.41) is 8.09. The largest absolute Gasteiger partial charge is 0.369 e. The molecule has 30 heavy (non-hydrogen) atoms. The van der Waals surface area contributed by atoms with Gasteiger partial charge in [-0.2, -0.15) is 5.10 Å². The first-order valence-corrected chi connectivity index (χ1v) is 10.7. The molecule has 1 amide bonds. The third-order valence-electron chi connectivity index (χ3n) is 6.50. The zero-order valence-corrected chi connectivity index (χ0v) is 17.4. The molecule has 1 aromatic carbocycles. The molecule has 7 heteroatoms. The maximum Gasteiger partial charge on any atom is 0.232 e. The fourth-order valence-corrected chi connectivity index (χ4v) is 4.86. The monoisotopic (exact) mass is 404 g/mol. The Kier molecular flexibility index (Phi) is 4.90. The summed E-state index contributed by atoms with van der Waals surface area (Å²) >= 11 is 0. The Labute approximate surface area is 176 Å². The third-order valence-corrected chi connectivity index (χ3v) is 6.50. The third kappa shape index (κ3) is 3.43. The summed E-state index contributed by atoms with van der Waals surface area (Å²) in [7, 11) is 2.14. The number of anilines is 1. The first-order chi connectivity index (χ1) is 14.6. The average Bonchev–Trinajstić information content (AvgIpc) is 3.12. The molecular formula is C23H28N6O. The molecule has 0 spiro atoms. The highest BCUT2D eigenvalue weighted by atomic mass is 16.2. The fourth-order valence-electron chi connectivity index (χ4n) is 4.86. The van der Waals surface area contributed by atoms with Crippen LogP contribution in [0.25, 0.3) is 11.0 Å². The van der Waals surface area contributed by atoms with Crippen molar-refractivity contribution in [3.8, 4) is 0 Å². The summed E-state index contributed by atoms with van der Waals surface area (Å²) in [6.07, 6.45) is 5.43. The number of benzene rings is 1. The van der Waals surface area contributed by atoms with Crippen LogP contribution in [0.2, 0.25) is 0 Å². The van der Waals surface area contributed by atoms with Crippen LogP contribution < -0.4 is 4.90 Å². The van der Waals surface area contributed by atoms with Gasteiger partial charge in [0.15, 0.2) is 5.65 Å². The summed E-state index contributed by atoms with van der Waals surface area (Å²) in [5.74, 6) is 0.301. The van der Waals surface area contributed by atoms with Crippen molar-refractivity contribution in [2.24, 2.45) is 5.41 Å². The summed E-state index contributed by atoms with van der Waals surface area (Å²) in [6, 6.07) is 12.4. The number of hydrogen-bond acceptors (Lipinski definition) is 5. The molecule has 2 aliphatic heterocycles. The number of amides is 1. The van der Waals surface area contributed by atoms with Crippen molar-refractivity contribution in [3.05, 3.63) is 54.4 Å². The van der Waals surface area contributed by atoms with E-state index in [9.17, 15) is 4.79 Å². The second kappa shape index (κ2) is 7.72. The molecule has 7 nitrogen and oxygen atoms in total. The maximum atomic E-state index is 13.8. The molecular weight excluding hydrogens is 376 g/mol. The standard InChI is InChI=1S/C23H28N6O/c1-27-10-5-11-28(13-12-27)22(30)23(14-18-6-3-2-4-7-18)16-29(17-23)20-8-9-24-21-19(20)15-25-26-21/h2-4,6-9,15H,5,10-14,16-17H2,1H3,(H,24,25,26). The van der Waals surface area contributed by atoms with E-state index in [1.807, 2.05) is 18.3 Å². The lowest BCUT2D eigenvalue weighted by Gasteiger charge is -2.52. The van der Waals surface area contributed by atoms with E-state index >= 15 is 0 Å². The van der Waals surface area contributed by atoms with E-state index in [2.05, 4.69) is 61.2 Å². The minimum Gasteiger partial charge on any atom is -0.369 e. The number of H-pyrrole nitrogens is 1. The number of rotatable bonds is 4. The second-order valence-corrected chi connectivity index (χ2v) is 8.71. The molecule has 0 saturated carbocycles. The Morgan fingerprint density at radius 3 is 2.77 bits per heavy atom. The van der Waals surface area contributed by atoms with Crippen LogP contribution in [0, 0.1) is 5.41 Å². The predicted molar refractivity (Wildman–Crippen MR) is 117 cm³/mol. The smallest absolute Gasteiger partial charge is 0.232 e. The molecule has 5 rings (SSSR count). The SMILES string of the molecule is CN1CCCN(C(=O)C2(Cc3ccccc3)CN(c3ccnc4[nH]ncc34)C2)CC1. The van der Waals surface area contributed by atoms with E-state index in [4.69, 9.17) is 0 Å². The van der Waals surface area contributed by atoms with Gasteiger partial charge < -0.3 is 14.7 Å². The first kappa shape index (κ1) is 19.1. The summed E-state index contributed by atoms with van der Waals surface area (Å²) in [4.78, 5) is 24.9. The lowest BCUT2D eigenvalue weighted by Crippen LogP contribution is -2.65. The van der Waals surface area contributed by atoms with Crippen molar-refractivity contribution < 1.29 is 4.79 Å². The molecule has 0 aliphatic carbocycles. The van der Waals surface area contributed by atoms with Gasteiger partial charge in [0, 0.05) is 38.9 Å². The number of nitrogens with one attached hydrogen (secondary N) is 1. The van der Waals surface area contributed by atoms with Crippen molar-refractivity contribution >= 4 is 22.6 Å². The number of aromatic amines is 1. The van der Waals surface area contributed by atoms with Gasteiger partial charge in [0.25, 0.3) is 0 Å². The lowest BCUT2D eigenvalue weighted by molar-refractivity contribution is -0.143. The molecule has 3 aromatic rings.